The molecule has 1 aliphatic rings. The minimum absolute atomic E-state index is 0.224. The Morgan fingerprint density at radius 1 is 1.06 bits per heavy atom. The van der Waals surface area contributed by atoms with E-state index in [2.05, 4.69) is 41.1 Å². The molecule has 0 N–H and O–H groups in total. The van der Waals surface area contributed by atoms with Gasteiger partial charge in [-0.2, -0.15) is 0 Å². The SMILES string of the molecule is CC(=O)Cc1ccc(CN2CCN(C)CC2)cc1. The third kappa shape index (κ3) is 3.93. The molecule has 0 radical (unpaired) electrons. The van der Waals surface area contributed by atoms with Gasteiger partial charge in [-0.25, -0.2) is 0 Å². The summed E-state index contributed by atoms with van der Waals surface area (Å²) >= 11 is 0. The number of nitrogens with zero attached hydrogens (tertiary/aromatic N) is 2. The van der Waals surface area contributed by atoms with Gasteiger partial charge in [0, 0.05) is 39.1 Å². The third-order valence-corrected chi connectivity index (χ3v) is 3.48. The van der Waals surface area contributed by atoms with Crippen LogP contribution in [0.4, 0.5) is 0 Å². The molecule has 0 bridgehead atoms. The first-order chi connectivity index (χ1) is 8.63. The van der Waals surface area contributed by atoms with E-state index < -0.39 is 0 Å². The molecule has 18 heavy (non-hydrogen) atoms. The van der Waals surface area contributed by atoms with E-state index in [1.807, 2.05) is 0 Å². The van der Waals surface area contributed by atoms with Crippen LogP contribution in [0.25, 0.3) is 0 Å². The van der Waals surface area contributed by atoms with E-state index in [4.69, 9.17) is 0 Å². The van der Waals surface area contributed by atoms with E-state index in [-0.39, 0.29) is 5.78 Å². The maximum atomic E-state index is 11.0. The summed E-state index contributed by atoms with van der Waals surface area (Å²) in [4.78, 5) is 15.9. The van der Waals surface area contributed by atoms with Gasteiger partial charge in [0.05, 0.1) is 0 Å². The summed E-state index contributed by atoms with van der Waals surface area (Å²) in [7, 11) is 2.17. The van der Waals surface area contributed by atoms with Crippen LogP contribution in [0.15, 0.2) is 24.3 Å². The number of carbonyl (C=O) groups excluding carboxylic acids is 1. The van der Waals surface area contributed by atoms with Crippen LogP contribution in [-0.4, -0.2) is 48.8 Å². The number of benzene rings is 1. The lowest BCUT2D eigenvalue weighted by atomic mass is 10.1. The Kier molecular flexibility index (Phi) is 4.50. The van der Waals surface area contributed by atoms with Crippen molar-refractivity contribution < 1.29 is 4.79 Å². The molecule has 0 atom stereocenters. The predicted octanol–water partition coefficient (Wildman–Crippen LogP) is 1.57. The van der Waals surface area contributed by atoms with Gasteiger partial charge in [-0.3, -0.25) is 9.69 Å². The maximum absolute atomic E-state index is 11.0. The molecular formula is C15H22N2O. The highest BCUT2D eigenvalue weighted by molar-refractivity contribution is 5.78. The van der Waals surface area contributed by atoms with Crippen LogP contribution in [0.5, 0.6) is 0 Å². The predicted molar refractivity (Wildman–Crippen MR) is 73.6 cm³/mol. The van der Waals surface area contributed by atoms with Gasteiger partial charge in [0.25, 0.3) is 0 Å². The van der Waals surface area contributed by atoms with Crippen molar-refractivity contribution in [1.82, 2.24) is 9.80 Å². The van der Waals surface area contributed by atoms with Crippen molar-refractivity contribution in [3.63, 3.8) is 0 Å². The van der Waals surface area contributed by atoms with Crippen molar-refractivity contribution in [2.75, 3.05) is 33.2 Å². The van der Waals surface area contributed by atoms with Crippen LogP contribution in [0.2, 0.25) is 0 Å². The highest BCUT2D eigenvalue weighted by atomic mass is 16.1. The van der Waals surface area contributed by atoms with Crippen LogP contribution in [0, 0.1) is 0 Å². The second kappa shape index (κ2) is 6.12. The molecule has 0 unspecified atom stereocenters. The Morgan fingerprint density at radius 2 is 1.61 bits per heavy atom. The van der Waals surface area contributed by atoms with Gasteiger partial charge in [-0.1, -0.05) is 24.3 Å². The summed E-state index contributed by atoms with van der Waals surface area (Å²) in [6, 6.07) is 8.45. The van der Waals surface area contributed by atoms with Crippen molar-refractivity contribution in [3.05, 3.63) is 35.4 Å². The fourth-order valence-corrected chi connectivity index (χ4v) is 2.31. The molecule has 2 rings (SSSR count). The fourth-order valence-electron chi connectivity index (χ4n) is 2.31. The van der Waals surface area contributed by atoms with Gasteiger partial charge in [-0.05, 0) is 25.1 Å². The van der Waals surface area contributed by atoms with E-state index >= 15 is 0 Å². The van der Waals surface area contributed by atoms with Gasteiger partial charge in [0.15, 0.2) is 0 Å². The average Bonchev–Trinajstić information content (AvgIpc) is 2.34. The minimum atomic E-state index is 0.224. The number of hydrogen-bond donors (Lipinski definition) is 0. The Labute approximate surface area is 109 Å². The quantitative estimate of drug-likeness (QED) is 0.805. The zero-order valence-corrected chi connectivity index (χ0v) is 11.4. The molecule has 0 spiro atoms. The highest BCUT2D eigenvalue weighted by Crippen LogP contribution is 2.10. The average molecular weight is 246 g/mol. The Bertz CT molecular complexity index is 391. The van der Waals surface area contributed by atoms with Crippen LogP contribution >= 0.6 is 0 Å². The molecule has 1 aromatic carbocycles. The molecule has 3 nitrogen and oxygen atoms in total. The molecule has 0 aromatic heterocycles. The number of rotatable bonds is 4. The lowest BCUT2D eigenvalue weighted by Gasteiger charge is -2.32. The summed E-state index contributed by atoms with van der Waals surface area (Å²) in [6.45, 7) is 7.26. The van der Waals surface area contributed by atoms with Crippen LogP contribution in [0.1, 0.15) is 18.1 Å². The monoisotopic (exact) mass is 246 g/mol. The smallest absolute Gasteiger partial charge is 0.134 e. The Morgan fingerprint density at radius 3 is 2.17 bits per heavy atom. The number of likely N-dealkylation sites (N-methyl/N-ethyl adjacent to an activating group) is 1. The topological polar surface area (TPSA) is 23.6 Å². The first kappa shape index (κ1) is 13.2. The second-order valence-corrected chi connectivity index (χ2v) is 5.27. The van der Waals surface area contributed by atoms with Gasteiger partial charge in [0.2, 0.25) is 0 Å². The largest absolute Gasteiger partial charge is 0.304 e. The number of piperazine rings is 1. The van der Waals surface area contributed by atoms with Crippen molar-refractivity contribution >= 4 is 5.78 Å². The second-order valence-electron chi connectivity index (χ2n) is 5.27. The third-order valence-electron chi connectivity index (χ3n) is 3.48. The minimum Gasteiger partial charge on any atom is -0.304 e. The normalized spacial score (nSPS) is 17.9. The van der Waals surface area contributed by atoms with E-state index in [0.29, 0.717) is 6.42 Å². The Hall–Kier alpha value is -1.19. The molecule has 1 aliphatic heterocycles. The van der Waals surface area contributed by atoms with E-state index in [1.165, 1.54) is 5.56 Å². The molecule has 1 saturated heterocycles. The van der Waals surface area contributed by atoms with Crippen LogP contribution in [-0.2, 0) is 17.8 Å². The zero-order chi connectivity index (χ0) is 13.0. The molecule has 1 fully saturated rings. The van der Waals surface area contributed by atoms with E-state index in [9.17, 15) is 4.79 Å². The van der Waals surface area contributed by atoms with E-state index in [1.54, 1.807) is 6.92 Å². The first-order valence-electron chi connectivity index (χ1n) is 6.61. The molecule has 0 saturated carbocycles. The number of ketones is 1. The molecular weight excluding hydrogens is 224 g/mol. The van der Waals surface area contributed by atoms with Gasteiger partial charge < -0.3 is 4.90 Å². The molecule has 98 valence electrons. The molecule has 0 amide bonds. The molecule has 1 aromatic rings. The number of carbonyl (C=O) groups is 1. The van der Waals surface area contributed by atoms with Crippen molar-refractivity contribution in [3.8, 4) is 0 Å². The zero-order valence-electron chi connectivity index (χ0n) is 11.4. The highest BCUT2D eigenvalue weighted by Gasteiger charge is 2.13. The van der Waals surface area contributed by atoms with Crippen LogP contribution < -0.4 is 0 Å². The number of hydrogen-bond acceptors (Lipinski definition) is 3. The molecule has 3 heteroatoms. The van der Waals surface area contributed by atoms with Crippen molar-refractivity contribution in [2.24, 2.45) is 0 Å². The molecule has 1 heterocycles. The standard InChI is InChI=1S/C15H22N2O/c1-13(18)11-14-3-5-15(6-4-14)12-17-9-7-16(2)8-10-17/h3-6H,7-12H2,1-2H3. The van der Waals surface area contributed by atoms with Gasteiger partial charge in [0.1, 0.15) is 5.78 Å². The van der Waals surface area contributed by atoms with Gasteiger partial charge in [-0.15, -0.1) is 0 Å². The maximum Gasteiger partial charge on any atom is 0.134 e. The summed E-state index contributed by atoms with van der Waals surface area (Å²) < 4.78 is 0. The summed E-state index contributed by atoms with van der Waals surface area (Å²) in [5.41, 5.74) is 2.46. The fraction of sp³-hybridized carbons (Fsp3) is 0.533. The molecule has 0 aliphatic carbocycles. The summed E-state index contributed by atoms with van der Waals surface area (Å²) in [6.07, 6.45) is 0.550. The summed E-state index contributed by atoms with van der Waals surface area (Å²) in [5, 5.41) is 0. The summed E-state index contributed by atoms with van der Waals surface area (Å²) in [5.74, 6) is 0.224. The van der Waals surface area contributed by atoms with Crippen LogP contribution in [0.3, 0.4) is 0 Å². The first-order valence-corrected chi connectivity index (χ1v) is 6.61. The lowest BCUT2D eigenvalue weighted by molar-refractivity contribution is -0.116. The number of Topliss-reactive ketones (excluding diaryl/α,β-unsaturated/α-hetero) is 1. The van der Waals surface area contributed by atoms with Crippen molar-refractivity contribution in [2.45, 2.75) is 19.9 Å². The van der Waals surface area contributed by atoms with E-state index in [0.717, 1.165) is 38.3 Å². The lowest BCUT2D eigenvalue weighted by Crippen LogP contribution is -2.43. The van der Waals surface area contributed by atoms with Gasteiger partial charge >= 0.3 is 0 Å². The Balaban J connectivity index is 1.88. The van der Waals surface area contributed by atoms with Crippen molar-refractivity contribution in [1.29, 1.82) is 0 Å².